The maximum atomic E-state index is 12.9. The van der Waals surface area contributed by atoms with Crippen molar-refractivity contribution in [2.45, 2.75) is 39.2 Å². The monoisotopic (exact) mass is 360 g/mol. The minimum absolute atomic E-state index is 0.0396. The third-order valence-corrected chi connectivity index (χ3v) is 4.76. The lowest BCUT2D eigenvalue weighted by molar-refractivity contribution is -0.151. The van der Waals surface area contributed by atoms with Crippen molar-refractivity contribution in [2.24, 2.45) is 5.92 Å². The van der Waals surface area contributed by atoms with Crippen molar-refractivity contribution in [3.8, 4) is 0 Å². The van der Waals surface area contributed by atoms with Crippen molar-refractivity contribution in [2.75, 3.05) is 26.7 Å². The molecule has 26 heavy (non-hydrogen) atoms. The summed E-state index contributed by atoms with van der Waals surface area (Å²) in [5.74, 6) is -0.740. The van der Waals surface area contributed by atoms with Gasteiger partial charge in [0.1, 0.15) is 6.54 Å². The van der Waals surface area contributed by atoms with Gasteiger partial charge >= 0.3 is 5.97 Å². The van der Waals surface area contributed by atoms with Gasteiger partial charge in [0.15, 0.2) is 0 Å². The average Bonchev–Trinajstić information content (AvgIpc) is 2.66. The van der Waals surface area contributed by atoms with Crippen LogP contribution in [0.15, 0.2) is 30.3 Å². The van der Waals surface area contributed by atoms with Crippen LogP contribution in [0.5, 0.6) is 0 Å². The van der Waals surface area contributed by atoms with E-state index in [0.29, 0.717) is 19.5 Å². The molecule has 0 saturated carbocycles. The summed E-state index contributed by atoms with van der Waals surface area (Å²) in [4.78, 5) is 40.4. The Hall–Kier alpha value is -2.37. The van der Waals surface area contributed by atoms with Crippen LogP contribution < -0.4 is 0 Å². The van der Waals surface area contributed by atoms with Crippen LogP contribution >= 0.6 is 0 Å². The highest BCUT2D eigenvalue weighted by Crippen LogP contribution is 2.21. The molecule has 1 heterocycles. The first-order valence-corrected chi connectivity index (χ1v) is 9.11. The summed E-state index contributed by atoms with van der Waals surface area (Å²) in [6, 6.07) is 9.52. The van der Waals surface area contributed by atoms with E-state index in [-0.39, 0.29) is 30.3 Å². The van der Waals surface area contributed by atoms with Gasteiger partial charge in [0.05, 0.1) is 19.4 Å². The maximum Gasteiger partial charge on any atom is 0.325 e. The van der Waals surface area contributed by atoms with Crippen molar-refractivity contribution >= 4 is 17.8 Å². The normalized spacial score (nSPS) is 17.1. The number of likely N-dealkylation sites (tertiary alicyclic amines) is 1. The number of benzene rings is 1. The minimum Gasteiger partial charge on any atom is -0.468 e. The molecule has 0 aliphatic carbocycles. The van der Waals surface area contributed by atoms with Gasteiger partial charge in [-0.25, -0.2) is 0 Å². The molecule has 1 aromatic rings. The Balaban J connectivity index is 2.00. The Kier molecular flexibility index (Phi) is 7.18. The molecular weight excluding hydrogens is 332 g/mol. The molecule has 1 aliphatic heterocycles. The van der Waals surface area contributed by atoms with Crippen molar-refractivity contribution in [3.63, 3.8) is 0 Å². The molecule has 1 unspecified atom stereocenters. The summed E-state index contributed by atoms with van der Waals surface area (Å²) >= 11 is 0. The Bertz CT molecular complexity index is 630. The first kappa shape index (κ1) is 19.9. The van der Waals surface area contributed by atoms with Crippen molar-refractivity contribution in [3.05, 3.63) is 35.9 Å². The summed E-state index contributed by atoms with van der Waals surface area (Å²) in [7, 11) is 1.32. The Morgan fingerprint density at radius 1 is 1.23 bits per heavy atom. The summed E-state index contributed by atoms with van der Waals surface area (Å²) in [6.45, 7) is 4.79. The maximum absolute atomic E-state index is 12.9. The highest BCUT2D eigenvalue weighted by Gasteiger charge is 2.33. The van der Waals surface area contributed by atoms with Gasteiger partial charge in [0.2, 0.25) is 11.8 Å². The van der Waals surface area contributed by atoms with Crippen LogP contribution in [0, 0.1) is 5.92 Å². The van der Waals surface area contributed by atoms with Gasteiger partial charge < -0.3 is 14.5 Å². The van der Waals surface area contributed by atoms with Gasteiger partial charge in [-0.15, -0.1) is 0 Å². The number of esters is 1. The first-order valence-electron chi connectivity index (χ1n) is 9.11. The summed E-state index contributed by atoms with van der Waals surface area (Å²) in [5.41, 5.74) is 0.973. The van der Waals surface area contributed by atoms with Crippen molar-refractivity contribution in [1.29, 1.82) is 0 Å². The zero-order valence-electron chi connectivity index (χ0n) is 15.8. The molecule has 2 amide bonds. The van der Waals surface area contributed by atoms with Crippen molar-refractivity contribution in [1.82, 2.24) is 9.80 Å². The van der Waals surface area contributed by atoms with Gasteiger partial charge in [-0.05, 0) is 32.3 Å². The van der Waals surface area contributed by atoms with E-state index in [1.807, 2.05) is 44.2 Å². The molecule has 0 spiro atoms. The molecule has 6 heteroatoms. The quantitative estimate of drug-likeness (QED) is 0.727. The van der Waals surface area contributed by atoms with E-state index in [0.717, 1.165) is 18.4 Å². The SMILES string of the molecule is COC(=O)CN(C(=O)C1CCCN(C(=O)Cc2ccccc2)C1)C(C)C. The molecule has 0 N–H and O–H groups in total. The average molecular weight is 360 g/mol. The largest absolute Gasteiger partial charge is 0.468 e. The molecular formula is C20H28N2O4. The van der Waals surface area contributed by atoms with E-state index >= 15 is 0 Å². The second-order valence-electron chi connectivity index (χ2n) is 6.98. The zero-order chi connectivity index (χ0) is 19.1. The standard InChI is InChI=1S/C20H28N2O4/c1-15(2)22(14-19(24)26-3)20(25)17-10-7-11-21(13-17)18(23)12-16-8-5-4-6-9-16/h4-6,8-9,15,17H,7,10-14H2,1-3H3. The van der Waals surface area contributed by atoms with Crippen LogP contribution in [-0.2, 0) is 25.5 Å². The number of nitrogens with zero attached hydrogens (tertiary/aromatic N) is 2. The molecule has 2 rings (SSSR count). The number of carbonyl (C=O) groups is 3. The second kappa shape index (κ2) is 9.36. The molecule has 0 radical (unpaired) electrons. The number of carbonyl (C=O) groups excluding carboxylic acids is 3. The molecule has 1 saturated heterocycles. The topological polar surface area (TPSA) is 66.9 Å². The fourth-order valence-electron chi connectivity index (χ4n) is 3.24. The summed E-state index contributed by atoms with van der Waals surface area (Å²) in [6.07, 6.45) is 1.87. The van der Waals surface area contributed by atoms with E-state index in [4.69, 9.17) is 4.74 Å². The summed E-state index contributed by atoms with van der Waals surface area (Å²) in [5, 5.41) is 0. The Morgan fingerprint density at radius 3 is 2.54 bits per heavy atom. The fraction of sp³-hybridized carbons (Fsp3) is 0.550. The first-order chi connectivity index (χ1) is 12.4. The van der Waals surface area contributed by atoms with E-state index in [1.54, 1.807) is 9.80 Å². The van der Waals surface area contributed by atoms with Crippen LogP contribution in [0.3, 0.4) is 0 Å². The molecule has 1 aliphatic rings. The predicted octanol–water partition coefficient (Wildman–Crippen LogP) is 1.88. The number of piperidine rings is 1. The number of methoxy groups -OCH3 is 1. The summed E-state index contributed by atoms with van der Waals surface area (Å²) < 4.78 is 4.70. The predicted molar refractivity (Wildman–Crippen MR) is 98.3 cm³/mol. The lowest BCUT2D eigenvalue weighted by Gasteiger charge is -2.36. The second-order valence-corrected chi connectivity index (χ2v) is 6.98. The van der Waals surface area contributed by atoms with E-state index in [9.17, 15) is 14.4 Å². The van der Waals surface area contributed by atoms with Crippen LogP contribution in [0.1, 0.15) is 32.3 Å². The molecule has 1 aromatic carbocycles. The van der Waals surface area contributed by atoms with E-state index in [2.05, 4.69) is 0 Å². The van der Waals surface area contributed by atoms with E-state index in [1.165, 1.54) is 7.11 Å². The van der Waals surface area contributed by atoms with Crippen molar-refractivity contribution < 1.29 is 19.1 Å². The molecule has 6 nitrogen and oxygen atoms in total. The fourth-order valence-corrected chi connectivity index (χ4v) is 3.24. The Labute approximate surface area is 155 Å². The third kappa shape index (κ3) is 5.31. The highest BCUT2D eigenvalue weighted by atomic mass is 16.5. The number of ether oxygens (including phenoxy) is 1. The van der Waals surface area contributed by atoms with Crippen LogP contribution in [0.2, 0.25) is 0 Å². The van der Waals surface area contributed by atoms with Gasteiger partial charge in [-0.2, -0.15) is 0 Å². The van der Waals surface area contributed by atoms with Gasteiger partial charge in [-0.3, -0.25) is 14.4 Å². The van der Waals surface area contributed by atoms with Gasteiger partial charge in [0.25, 0.3) is 0 Å². The number of amides is 2. The van der Waals surface area contributed by atoms with Gasteiger partial charge in [-0.1, -0.05) is 30.3 Å². The molecule has 142 valence electrons. The minimum atomic E-state index is -0.431. The highest BCUT2D eigenvalue weighted by molar-refractivity contribution is 5.85. The molecule has 1 atom stereocenters. The molecule has 1 fully saturated rings. The van der Waals surface area contributed by atoms with E-state index < -0.39 is 5.97 Å². The number of hydrogen-bond donors (Lipinski definition) is 0. The molecule has 0 bridgehead atoms. The molecule has 0 aromatic heterocycles. The van der Waals surface area contributed by atoms with Crippen LogP contribution in [0.25, 0.3) is 0 Å². The smallest absolute Gasteiger partial charge is 0.325 e. The zero-order valence-corrected chi connectivity index (χ0v) is 15.8. The van der Waals surface area contributed by atoms with Crippen LogP contribution in [0.4, 0.5) is 0 Å². The third-order valence-electron chi connectivity index (χ3n) is 4.76. The number of hydrogen-bond acceptors (Lipinski definition) is 4. The van der Waals surface area contributed by atoms with Gasteiger partial charge in [0, 0.05) is 19.1 Å². The Morgan fingerprint density at radius 2 is 1.92 bits per heavy atom. The number of rotatable bonds is 6. The lowest BCUT2D eigenvalue weighted by atomic mass is 9.95. The van der Waals surface area contributed by atoms with Crippen LogP contribution in [-0.4, -0.2) is 60.4 Å². The lowest BCUT2D eigenvalue weighted by Crippen LogP contribution is -2.50.